The lowest BCUT2D eigenvalue weighted by Crippen LogP contribution is -2.43. The second-order valence-electron chi connectivity index (χ2n) is 6.40. The van der Waals surface area contributed by atoms with Gasteiger partial charge in [0.25, 0.3) is 0 Å². The summed E-state index contributed by atoms with van der Waals surface area (Å²) < 4.78 is 9.91. The monoisotopic (exact) mass is 306 g/mol. The molecule has 22 heavy (non-hydrogen) atoms. The first-order valence-electron chi connectivity index (χ1n) is 7.53. The van der Waals surface area contributed by atoms with E-state index in [0.717, 1.165) is 5.57 Å². The summed E-state index contributed by atoms with van der Waals surface area (Å²) in [5.74, 6) is 0.109. The molecule has 0 radical (unpaired) electrons. The van der Waals surface area contributed by atoms with Gasteiger partial charge in [0.05, 0.1) is 6.61 Å². The average molecular weight is 306 g/mol. The first kappa shape index (κ1) is 16.5. The van der Waals surface area contributed by atoms with Crippen molar-refractivity contribution < 1.29 is 23.9 Å². The van der Waals surface area contributed by atoms with E-state index in [1.807, 2.05) is 6.92 Å². The summed E-state index contributed by atoms with van der Waals surface area (Å²) in [5, 5.41) is 0. The summed E-state index contributed by atoms with van der Waals surface area (Å²) in [6.07, 6.45) is 4.15. The number of carbonyl (C=O) groups excluding carboxylic acids is 3. The van der Waals surface area contributed by atoms with E-state index >= 15 is 0 Å². The minimum Gasteiger partial charge on any atom is -0.435 e. The lowest BCUT2D eigenvalue weighted by atomic mass is 9.58. The molecule has 2 atom stereocenters. The number of ketones is 2. The highest BCUT2D eigenvalue weighted by atomic mass is 16.7. The highest BCUT2D eigenvalue weighted by Crippen LogP contribution is 2.56. The molecule has 2 aliphatic carbocycles. The number of hydrogen-bond acceptors (Lipinski definition) is 5. The van der Waals surface area contributed by atoms with E-state index in [1.165, 1.54) is 0 Å². The number of ether oxygens (including phenoxy) is 2. The van der Waals surface area contributed by atoms with Gasteiger partial charge in [-0.15, -0.1) is 6.58 Å². The molecule has 120 valence electrons. The smallest absolute Gasteiger partial charge is 0.435 e. The molecule has 5 heteroatoms. The number of rotatable bonds is 5. The van der Waals surface area contributed by atoms with Gasteiger partial charge in [-0.05, 0) is 25.0 Å². The molecule has 1 fully saturated rings. The molecule has 1 saturated carbocycles. The molecule has 2 aliphatic rings. The highest BCUT2D eigenvalue weighted by Gasteiger charge is 2.53. The van der Waals surface area contributed by atoms with Crippen LogP contribution in [0.3, 0.4) is 0 Å². The van der Waals surface area contributed by atoms with Crippen molar-refractivity contribution in [1.82, 2.24) is 0 Å². The van der Waals surface area contributed by atoms with Crippen LogP contribution in [0.25, 0.3) is 0 Å². The number of allylic oxidation sites excluding steroid dienone is 2. The second kappa shape index (κ2) is 6.07. The Kier molecular flexibility index (Phi) is 4.54. The predicted octanol–water partition coefficient (Wildman–Crippen LogP) is 2.99. The maximum Gasteiger partial charge on any atom is 0.508 e. The van der Waals surface area contributed by atoms with Gasteiger partial charge in [0.2, 0.25) is 0 Å². The first-order chi connectivity index (χ1) is 10.3. The zero-order valence-corrected chi connectivity index (χ0v) is 13.1. The molecule has 0 saturated heterocycles. The molecule has 0 aromatic rings. The largest absolute Gasteiger partial charge is 0.508 e. The third-order valence-electron chi connectivity index (χ3n) is 4.47. The van der Waals surface area contributed by atoms with Gasteiger partial charge in [-0.3, -0.25) is 9.59 Å². The average Bonchev–Trinajstić information content (AvgIpc) is 2.74. The number of Topliss-reactive ketones (excluding diaryl/α,β-unsaturated/α-hetero) is 1. The summed E-state index contributed by atoms with van der Waals surface area (Å²) in [7, 11) is 0. The quantitative estimate of drug-likeness (QED) is 0.577. The molecule has 0 heterocycles. The van der Waals surface area contributed by atoms with Gasteiger partial charge in [0, 0.05) is 30.1 Å². The van der Waals surface area contributed by atoms with Crippen molar-refractivity contribution in [2.45, 2.75) is 39.5 Å². The van der Waals surface area contributed by atoms with E-state index < -0.39 is 17.0 Å². The van der Waals surface area contributed by atoms with Crippen LogP contribution in [-0.2, 0) is 19.1 Å². The van der Waals surface area contributed by atoms with E-state index in [9.17, 15) is 14.4 Å². The molecule has 0 amide bonds. The minimum atomic E-state index is -0.749. The van der Waals surface area contributed by atoms with Crippen LogP contribution in [0.5, 0.6) is 0 Å². The second-order valence-corrected chi connectivity index (χ2v) is 6.40. The van der Waals surface area contributed by atoms with Crippen molar-refractivity contribution in [2.24, 2.45) is 10.8 Å². The van der Waals surface area contributed by atoms with Gasteiger partial charge in [-0.2, -0.15) is 0 Å². The highest BCUT2D eigenvalue weighted by molar-refractivity contribution is 5.97. The lowest BCUT2D eigenvalue weighted by Gasteiger charge is -2.45. The summed E-state index contributed by atoms with van der Waals surface area (Å²) in [6.45, 7) is 7.58. The van der Waals surface area contributed by atoms with Crippen LogP contribution < -0.4 is 0 Å². The maximum absolute atomic E-state index is 12.2. The molecule has 0 aliphatic heterocycles. The van der Waals surface area contributed by atoms with Gasteiger partial charge < -0.3 is 9.47 Å². The minimum absolute atomic E-state index is 0.0221. The molecule has 0 spiro atoms. The fraction of sp³-hybridized carbons (Fsp3) is 0.588. The predicted molar refractivity (Wildman–Crippen MR) is 80.3 cm³/mol. The molecule has 0 N–H and O–H groups in total. The molecular weight excluding hydrogens is 284 g/mol. The molecular formula is C17H22O5. The molecule has 0 aromatic carbocycles. The van der Waals surface area contributed by atoms with Crippen molar-refractivity contribution in [1.29, 1.82) is 0 Å². The van der Waals surface area contributed by atoms with Crippen LogP contribution in [0.15, 0.2) is 24.3 Å². The summed E-state index contributed by atoms with van der Waals surface area (Å²) in [6, 6.07) is 0. The zero-order chi connectivity index (χ0) is 16.4. The SMILES string of the molecule is C=CC[C@]12CC(=O)C=C1[C@](C)(COC(=O)OCC)CC(=O)C2. The third-order valence-corrected chi connectivity index (χ3v) is 4.47. The fourth-order valence-corrected chi connectivity index (χ4v) is 3.77. The summed E-state index contributed by atoms with van der Waals surface area (Å²) >= 11 is 0. The third kappa shape index (κ3) is 2.98. The standard InChI is InChI=1S/C17H22O5/c1-4-6-17-9-12(18)7-14(17)16(3,8-13(19)10-17)11-22-15(20)21-5-2/h4,7H,1,5-6,8-11H2,2-3H3/t16-,17+/m0/s1. The lowest BCUT2D eigenvalue weighted by molar-refractivity contribution is -0.126. The fourth-order valence-electron chi connectivity index (χ4n) is 3.77. The maximum atomic E-state index is 12.2. The summed E-state index contributed by atoms with van der Waals surface area (Å²) in [5.41, 5.74) is -0.230. The van der Waals surface area contributed by atoms with E-state index in [2.05, 4.69) is 6.58 Å². The van der Waals surface area contributed by atoms with E-state index in [4.69, 9.17) is 9.47 Å². The van der Waals surface area contributed by atoms with Gasteiger partial charge in [-0.1, -0.05) is 13.0 Å². The van der Waals surface area contributed by atoms with Gasteiger partial charge in [-0.25, -0.2) is 4.79 Å². The molecule has 2 rings (SSSR count). The van der Waals surface area contributed by atoms with Crippen LogP contribution in [0.1, 0.15) is 39.5 Å². The van der Waals surface area contributed by atoms with Crippen molar-refractivity contribution in [2.75, 3.05) is 13.2 Å². The van der Waals surface area contributed by atoms with E-state index in [0.29, 0.717) is 19.3 Å². The Hall–Kier alpha value is -1.91. The van der Waals surface area contributed by atoms with Crippen molar-refractivity contribution in [3.05, 3.63) is 24.3 Å². The van der Waals surface area contributed by atoms with E-state index in [-0.39, 0.29) is 31.2 Å². The van der Waals surface area contributed by atoms with Crippen molar-refractivity contribution in [3.8, 4) is 0 Å². The number of fused-ring (bicyclic) bond motifs is 1. The molecule has 0 aromatic heterocycles. The Balaban J connectivity index is 2.27. The van der Waals surface area contributed by atoms with Crippen LogP contribution in [0.4, 0.5) is 4.79 Å². The number of hydrogen-bond donors (Lipinski definition) is 0. The zero-order valence-electron chi connectivity index (χ0n) is 13.1. The molecule has 0 bridgehead atoms. The topological polar surface area (TPSA) is 69.7 Å². The first-order valence-corrected chi connectivity index (χ1v) is 7.53. The Morgan fingerprint density at radius 2 is 2.05 bits per heavy atom. The van der Waals surface area contributed by atoms with Gasteiger partial charge in [0.1, 0.15) is 12.4 Å². The molecule has 0 unspecified atom stereocenters. The van der Waals surface area contributed by atoms with Crippen molar-refractivity contribution in [3.63, 3.8) is 0 Å². The Morgan fingerprint density at radius 3 is 2.68 bits per heavy atom. The van der Waals surface area contributed by atoms with Gasteiger partial charge in [0.15, 0.2) is 5.78 Å². The van der Waals surface area contributed by atoms with Crippen LogP contribution in [-0.4, -0.2) is 30.9 Å². The summed E-state index contributed by atoms with van der Waals surface area (Å²) in [4.78, 5) is 35.6. The Bertz CT molecular complexity index is 547. The number of carbonyl (C=O) groups is 3. The Morgan fingerprint density at radius 1 is 1.32 bits per heavy atom. The van der Waals surface area contributed by atoms with E-state index in [1.54, 1.807) is 19.1 Å². The normalized spacial score (nSPS) is 30.5. The van der Waals surface area contributed by atoms with Crippen LogP contribution in [0.2, 0.25) is 0 Å². The van der Waals surface area contributed by atoms with Gasteiger partial charge >= 0.3 is 6.16 Å². The van der Waals surface area contributed by atoms with Crippen LogP contribution >= 0.6 is 0 Å². The van der Waals surface area contributed by atoms with Crippen molar-refractivity contribution >= 4 is 17.7 Å². The van der Waals surface area contributed by atoms with Crippen LogP contribution in [0, 0.1) is 10.8 Å². The molecule has 5 nitrogen and oxygen atoms in total. The Labute approximate surface area is 130 Å².